The molecule has 0 aliphatic carbocycles. The first-order chi connectivity index (χ1) is 51.2. The van der Waals surface area contributed by atoms with Gasteiger partial charge in [0, 0.05) is 81.1 Å². The molecule has 14 heterocycles. The van der Waals surface area contributed by atoms with E-state index in [1.807, 2.05) is 70.7 Å². The van der Waals surface area contributed by atoms with Crippen molar-refractivity contribution in [2.75, 3.05) is 78.5 Å². The number of ether oxygens (including phenoxy) is 3. The minimum Gasteiger partial charge on any atom is -0.542 e. The fourth-order valence-corrected chi connectivity index (χ4v) is 18.9. The van der Waals surface area contributed by atoms with Gasteiger partial charge in [0.1, 0.15) is 37.5 Å². The van der Waals surface area contributed by atoms with Gasteiger partial charge in [0.25, 0.3) is 0 Å². The molecule has 4 atom stereocenters. The number of fused-ring (bicyclic) bond motifs is 9. The van der Waals surface area contributed by atoms with Crippen LogP contribution < -0.4 is 15.3 Å². The van der Waals surface area contributed by atoms with Gasteiger partial charge < -0.3 is 72.7 Å². The van der Waals surface area contributed by atoms with Crippen LogP contribution >= 0.6 is 56.7 Å². The average molecular weight is 1640 g/mol. The van der Waals surface area contributed by atoms with Crippen LogP contribution in [0.4, 0.5) is 52.7 Å². The van der Waals surface area contributed by atoms with Crippen LogP contribution in [-0.2, 0) is 59.8 Å². The molecule has 109 heavy (non-hydrogen) atoms. The van der Waals surface area contributed by atoms with Gasteiger partial charge in [-0.05, 0) is 82.6 Å². The Balaban J connectivity index is 0.000000201. The molecule has 36 heteroatoms. The highest BCUT2D eigenvalue weighted by atomic mass is 32.1. The minimum absolute atomic E-state index is 0.0865. The highest BCUT2D eigenvalue weighted by Gasteiger charge is 2.55. The molecule has 9 aliphatic rings. The van der Waals surface area contributed by atoms with Gasteiger partial charge in [-0.1, -0.05) is 73.7 Å². The number of benzene rings is 1. The molecular weight excluding hydrogens is 1560 g/mol. The molecule has 9 fully saturated rings. The van der Waals surface area contributed by atoms with E-state index in [0.717, 1.165) is 139 Å². The van der Waals surface area contributed by atoms with Crippen LogP contribution in [0, 0.1) is 29.1 Å². The number of aliphatic hydroxyl groups is 3. The summed E-state index contributed by atoms with van der Waals surface area (Å²) in [4.78, 5) is 69.1. The van der Waals surface area contributed by atoms with E-state index >= 15 is 0 Å². The molecule has 6 bridgehead atoms. The second-order valence-corrected chi connectivity index (χ2v) is 32.2. The van der Waals surface area contributed by atoms with Crippen molar-refractivity contribution < 1.29 is 140 Å². The number of hydrogen-bond acceptors (Lipinski definition) is 21. The molecular formula is C73H82F12N4O15S5. The summed E-state index contributed by atoms with van der Waals surface area (Å²) >= 11 is 6.72. The number of nitriles is 1. The number of esters is 3. The van der Waals surface area contributed by atoms with Gasteiger partial charge in [-0.15, -0.1) is 56.7 Å². The number of piperidine rings is 9. The van der Waals surface area contributed by atoms with Gasteiger partial charge in [-0.25, -0.2) is 14.4 Å². The summed E-state index contributed by atoms with van der Waals surface area (Å²) in [7, 11) is 0. The number of carboxylic acid groups (broad SMARTS) is 3. The normalized spacial score (nSPS) is 23.9. The Morgan fingerprint density at radius 1 is 0.450 bits per heavy atom. The number of quaternary nitrogens is 3. The molecule has 19 nitrogen and oxygen atoms in total. The van der Waals surface area contributed by atoms with Crippen molar-refractivity contribution in [2.24, 2.45) is 17.8 Å². The predicted molar refractivity (Wildman–Crippen MR) is 371 cm³/mol. The monoisotopic (exact) mass is 1640 g/mol. The van der Waals surface area contributed by atoms with Gasteiger partial charge in [0.15, 0.2) is 18.3 Å². The van der Waals surface area contributed by atoms with Crippen LogP contribution in [0.15, 0.2) is 131 Å². The van der Waals surface area contributed by atoms with Crippen molar-refractivity contribution in [1.29, 1.82) is 5.26 Å². The van der Waals surface area contributed by atoms with Crippen LogP contribution in [-0.4, -0.2) is 186 Å². The summed E-state index contributed by atoms with van der Waals surface area (Å²) in [5.74, 6) is -9.82. The first-order valence-corrected chi connectivity index (χ1v) is 39.1. The van der Waals surface area contributed by atoms with Crippen molar-refractivity contribution in [2.45, 2.75) is 143 Å². The predicted octanol–water partition coefficient (Wildman–Crippen LogP) is 10.4. The number of unbranched alkanes of at least 4 members (excludes halogenated alkanes) is 4. The van der Waals surface area contributed by atoms with Gasteiger partial charge in [0.2, 0.25) is 16.8 Å². The van der Waals surface area contributed by atoms with Crippen LogP contribution in [0.3, 0.4) is 0 Å². The molecule has 9 saturated heterocycles. The number of thiophene rings is 5. The first kappa shape index (κ1) is 88.9. The second kappa shape index (κ2) is 38.3. The molecule has 598 valence electrons. The zero-order valence-electron chi connectivity index (χ0n) is 58.6. The lowest BCUT2D eigenvalue weighted by atomic mass is 9.82. The standard InChI is InChI=1S/C24H31N2O3S2.C22H26NO3S.C21H25F3NO3S2.3C2HF3O2/c25-12-4-2-1-3-5-13-26-14-10-19(11-15-26)20(18-26)29-23(27)24(28,21-8-6-16-30-21)22-9-7-17-31-22;1-2-12-23-13-10-17(11-14-23)19(16-23)26-21(24)22(25,20-9-6-15-27-20)18-7-4-3-5-8-18;22-20(23,24)8-3-9-25-10-6-15(7-11-25)16(14-25)28-19(26)21(27,17-4-1-12-29-17)18-5-2-13-30-18;3*3-2(4,5)1(6)7/h6-9,16-17,19-20,28H,1-5,10-11,13-15,18H2;2-9,15,17,19,25H,1,10-14,16H2;1-2,4-5,12-13,15-16,27H,3,6-11,14H2;3*(H,6,7)/q3*+1;;;/p-3/t19?,20-,26?;17?,19-,22?,23?;15?,16-,25?;;;/m000.../s1. The Morgan fingerprint density at radius 2 is 0.743 bits per heavy atom. The van der Waals surface area contributed by atoms with E-state index in [0.29, 0.717) is 65.8 Å². The van der Waals surface area contributed by atoms with E-state index in [-0.39, 0.29) is 30.7 Å². The lowest BCUT2D eigenvalue weighted by Gasteiger charge is -2.52. The van der Waals surface area contributed by atoms with Gasteiger partial charge in [0.05, 0.1) is 89.4 Å². The maximum absolute atomic E-state index is 13.4. The zero-order chi connectivity index (χ0) is 80.3. The third kappa shape index (κ3) is 23.6. The van der Waals surface area contributed by atoms with Gasteiger partial charge >= 0.3 is 42.6 Å². The molecule has 0 spiro atoms. The lowest BCUT2D eigenvalue weighted by molar-refractivity contribution is -0.946. The van der Waals surface area contributed by atoms with Crippen LogP contribution in [0.1, 0.15) is 113 Å². The van der Waals surface area contributed by atoms with Crippen molar-refractivity contribution in [1.82, 2.24) is 0 Å². The van der Waals surface area contributed by atoms with E-state index in [1.165, 1.54) is 56.7 Å². The zero-order valence-corrected chi connectivity index (χ0v) is 62.7. The molecule has 0 radical (unpaired) electrons. The number of carboxylic acids is 3. The van der Waals surface area contributed by atoms with E-state index < -0.39 is 83.7 Å². The molecule has 9 aliphatic heterocycles. The number of aliphatic carboxylic acids is 3. The number of carbonyl (C=O) groups excluding carboxylic acids is 6. The summed E-state index contributed by atoms with van der Waals surface area (Å²) in [6.45, 7) is 14.8. The number of carbonyl (C=O) groups is 6. The topological polar surface area (TPSA) is 284 Å². The van der Waals surface area contributed by atoms with Crippen LogP contribution in [0.2, 0.25) is 0 Å². The van der Waals surface area contributed by atoms with Crippen LogP contribution in [0.5, 0.6) is 0 Å². The highest BCUT2D eigenvalue weighted by Crippen LogP contribution is 2.45. The number of halogens is 12. The third-order valence-corrected chi connectivity index (χ3v) is 25.2. The lowest BCUT2D eigenvalue weighted by Crippen LogP contribution is -2.65. The highest BCUT2D eigenvalue weighted by molar-refractivity contribution is 7.12. The molecule has 0 saturated carbocycles. The van der Waals surface area contributed by atoms with Crippen molar-refractivity contribution in [3.8, 4) is 6.07 Å². The second-order valence-electron chi connectivity index (χ2n) is 27.5. The van der Waals surface area contributed by atoms with Crippen LogP contribution in [0.25, 0.3) is 0 Å². The fraction of sp³-hybridized carbons (Fsp3) is 0.521. The Kier molecular flexibility index (Phi) is 31.2. The third-order valence-electron chi connectivity index (χ3n) is 20.3. The fourth-order valence-electron chi connectivity index (χ4n) is 14.6. The maximum atomic E-state index is 13.4. The van der Waals surface area contributed by atoms with Gasteiger partial charge in [-0.2, -0.15) is 57.9 Å². The summed E-state index contributed by atoms with van der Waals surface area (Å²) in [5, 5.41) is 78.7. The molecule has 3 N–H and O–H groups in total. The van der Waals surface area contributed by atoms with E-state index in [1.54, 1.807) is 53.2 Å². The van der Waals surface area contributed by atoms with Gasteiger partial charge in [-0.3, -0.25) is 0 Å². The molecule has 1 unspecified atom stereocenters. The molecule has 0 amide bonds. The summed E-state index contributed by atoms with van der Waals surface area (Å²) in [5.41, 5.74) is -4.78. The molecule has 15 rings (SSSR count). The number of nitrogens with zero attached hydrogens (tertiary/aromatic N) is 4. The number of hydrogen-bond donors (Lipinski definition) is 3. The summed E-state index contributed by atoms with van der Waals surface area (Å²) in [6, 6.07) is 29.3. The average Bonchev–Trinajstić information content (AvgIpc) is 1.63. The Labute approximate surface area is 640 Å². The quantitative estimate of drug-likeness (QED) is 0.0134. The Bertz CT molecular complexity index is 3760. The summed E-state index contributed by atoms with van der Waals surface area (Å²) in [6.07, 6.45) is -8.06. The number of rotatable bonds is 23. The maximum Gasteiger partial charge on any atom is 0.430 e. The van der Waals surface area contributed by atoms with Crippen molar-refractivity contribution in [3.63, 3.8) is 0 Å². The van der Waals surface area contributed by atoms with E-state index in [9.17, 15) is 82.4 Å². The largest absolute Gasteiger partial charge is 0.542 e. The Hall–Kier alpha value is -7.31. The molecule has 6 aromatic rings. The van der Waals surface area contributed by atoms with Crippen molar-refractivity contribution in [3.05, 3.63) is 160 Å². The smallest absolute Gasteiger partial charge is 0.430 e. The van der Waals surface area contributed by atoms with E-state index in [4.69, 9.17) is 49.2 Å². The first-order valence-electron chi connectivity index (χ1n) is 34.7. The van der Waals surface area contributed by atoms with Crippen molar-refractivity contribution >= 4 is 92.5 Å². The SMILES string of the molecule is C=CC[N+]12CCC(CC1)[C@@H](OC(=O)C(O)(c1ccccc1)c1cccs1)C2.N#CCCCCCC[N+]12CCC(CC1)[C@@H](OC(=O)C(O)(c1cccs1)c1cccs1)C2.O=C(O[C@H]1C[N+]2(CCCC(F)(F)F)CCC1CC2)C(O)(c1cccs1)c1cccs1.O=C([O-])C(F)(F)F.O=C([O-])C(F)(F)F.O=C([O-])C(F)(F)F. The van der Waals surface area contributed by atoms with E-state index in [2.05, 4.69) is 12.6 Å². The minimum atomic E-state index is -5.19. The molecule has 5 aromatic heterocycles. The summed E-state index contributed by atoms with van der Waals surface area (Å²) < 4.78 is 153. The Morgan fingerprint density at radius 3 is 1.04 bits per heavy atom. The molecule has 1 aromatic carbocycles. The number of alkyl halides is 12.